The van der Waals surface area contributed by atoms with Crippen LogP contribution in [0.4, 0.5) is 5.69 Å². The molecule has 0 radical (unpaired) electrons. The van der Waals surface area contributed by atoms with Crippen LogP contribution in [0, 0.1) is 6.92 Å². The van der Waals surface area contributed by atoms with E-state index in [0.29, 0.717) is 28.8 Å². The van der Waals surface area contributed by atoms with Crippen LogP contribution in [0.1, 0.15) is 5.56 Å². The molecule has 1 heterocycles. The number of hydrogen-bond acceptors (Lipinski definition) is 3. The molecule has 1 aliphatic rings. The van der Waals surface area contributed by atoms with Gasteiger partial charge in [-0.05, 0) is 18.6 Å². The molecule has 0 aliphatic carbocycles. The first-order valence-electron chi connectivity index (χ1n) is 5.62. The number of carbonyl (C=O) groups is 1. The second kappa shape index (κ2) is 5.45. The Balaban J connectivity index is 2.00. The predicted octanol–water partition coefficient (Wildman–Crippen LogP) is 1.92. The Bertz CT molecular complexity index is 473. The number of nitrogens with zero attached hydrogens (tertiary/aromatic N) is 1. The number of rotatable bonds is 3. The fraction of sp³-hybridized carbons (Fsp3) is 0.417. The molecule has 0 atom stereocenters. The van der Waals surface area contributed by atoms with Gasteiger partial charge in [0, 0.05) is 13.1 Å². The van der Waals surface area contributed by atoms with Crippen molar-refractivity contribution in [2.45, 2.75) is 13.0 Å². The van der Waals surface area contributed by atoms with Crippen molar-refractivity contribution >= 4 is 34.8 Å². The van der Waals surface area contributed by atoms with Gasteiger partial charge < -0.3 is 10.4 Å². The molecule has 0 unspecified atom stereocenters. The summed E-state index contributed by atoms with van der Waals surface area (Å²) in [6.45, 7) is 3.14. The van der Waals surface area contributed by atoms with Gasteiger partial charge >= 0.3 is 0 Å². The molecule has 0 aromatic heterocycles. The van der Waals surface area contributed by atoms with Crippen LogP contribution in [0.5, 0.6) is 0 Å². The summed E-state index contributed by atoms with van der Waals surface area (Å²) in [5, 5.41) is 12.7. The van der Waals surface area contributed by atoms with Gasteiger partial charge in [0.1, 0.15) is 0 Å². The van der Waals surface area contributed by atoms with E-state index < -0.39 is 0 Å². The zero-order valence-corrected chi connectivity index (χ0v) is 11.4. The van der Waals surface area contributed by atoms with Crippen LogP contribution in [0.3, 0.4) is 0 Å². The van der Waals surface area contributed by atoms with Crippen molar-refractivity contribution in [2.24, 2.45) is 0 Å². The van der Waals surface area contributed by atoms with Crippen LogP contribution in [0.15, 0.2) is 12.1 Å². The minimum atomic E-state index is -0.316. The minimum absolute atomic E-state index is 0.184. The van der Waals surface area contributed by atoms with Crippen molar-refractivity contribution in [1.29, 1.82) is 0 Å². The summed E-state index contributed by atoms with van der Waals surface area (Å²) in [6, 6.07) is 3.50. The van der Waals surface area contributed by atoms with Crippen LogP contribution in [-0.4, -0.2) is 41.7 Å². The quantitative estimate of drug-likeness (QED) is 0.894. The first-order chi connectivity index (χ1) is 8.47. The first kappa shape index (κ1) is 13.6. The molecule has 2 rings (SSSR count). The summed E-state index contributed by atoms with van der Waals surface area (Å²) in [7, 11) is 0. The highest BCUT2D eigenvalue weighted by Gasteiger charge is 2.26. The summed E-state index contributed by atoms with van der Waals surface area (Å²) < 4.78 is 0. The number of benzene rings is 1. The molecule has 1 aromatic carbocycles. The summed E-state index contributed by atoms with van der Waals surface area (Å²) in [5.41, 5.74) is 1.31. The fourth-order valence-corrected chi connectivity index (χ4v) is 2.29. The first-order valence-corrected chi connectivity index (χ1v) is 6.38. The minimum Gasteiger partial charge on any atom is -0.390 e. The highest BCUT2D eigenvalue weighted by molar-refractivity contribution is 6.40. The number of aryl methyl sites for hydroxylation is 1. The molecule has 4 nitrogen and oxygen atoms in total. The third kappa shape index (κ3) is 2.95. The summed E-state index contributed by atoms with van der Waals surface area (Å²) in [5.74, 6) is -0.184. The summed E-state index contributed by atoms with van der Waals surface area (Å²) >= 11 is 12.1. The lowest BCUT2D eigenvalue weighted by Gasteiger charge is -2.35. The number of likely N-dealkylation sites (tertiary alicyclic amines) is 1. The molecular formula is C12H14Cl2N2O2. The smallest absolute Gasteiger partial charge is 0.238 e. The number of aliphatic hydroxyl groups excluding tert-OH is 1. The molecule has 18 heavy (non-hydrogen) atoms. The zero-order chi connectivity index (χ0) is 13.3. The van der Waals surface area contributed by atoms with Crippen molar-refractivity contribution in [3.63, 3.8) is 0 Å². The van der Waals surface area contributed by atoms with Crippen LogP contribution in [-0.2, 0) is 4.79 Å². The largest absolute Gasteiger partial charge is 0.390 e. The number of β-amino-alcohol motifs (C(OH)–C–C–N with tert-alkyl or cyclic N) is 1. The van der Waals surface area contributed by atoms with Gasteiger partial charge in [0.05, 0.1) is 28.4 Å². The van der Waals surface area contributed by atoms with Crippen molar-refractivity contribution in [3.05, 3.63) is 27.7 Å². The Morgan fingerprint density at radius 2 is 2.17 bits per heavy atom. The second-order valence-corrected chi connectivity index (χ2v) is 5.23. The van der Waals surface area contributed by atoms with E-state index in [1.54, 1.807) is 12.1 Å². The number of halogens is 2. The van der Waals surface area contributed by atoms with Crippen LogP contribution < -0.4 is 5.32 Å². The third-order valence-corrected chi connectivity index (χ3v) is 3.66. The Labute approximate surface area is 115 Å². The Hall–Kier alpha value is -0.810. The van der Waals surface area contributed by atoms with Crippen molar-refractivity contribution in [3.8, 4) is 0 Å². The van der Waals surface area contributed by atoms with E-state index in [9.17, 15) is 4.79 Å². The summed E-state index contributed by atoms with van der Waals surface area (Å²) in [6.07, 6.45) is -0.316. The van der Waals surface area contributed by atoms with E-state index in [1.807, 2.05) is 11.8 Å². The number of anilines is 1. The van der Waals surface area contributed by atoms with Crippen LogP contribution in [0.2, 0.25) is 10.0 Å². The SMILES string of the molecule is Cc1ccc(Cl)c(NC(=O)CN2CC(O)C2)c1Cl. The molecule has 1 saturated heterocycles. The van der Waals surface area contributed by atoms with Crippen molar-refractivity contribution in [1.82, 2.24) is 4.90 Å². The van der Waals surface area contributed by atoms with Gasteiger partial charge in [-0.1, -0.05) is 29.3 Å². The number of aliphatic hydroxyl groups is 1. The van der Waals surface area contributed by atoms with E-state index in [4.69, 9.17) is 28.3 Å². The van der Waals surface area contributed by atoms with Gasteiger partial charge in [0.25, 0.3) is 0 Å². The number of amides is 1. The van der Waals surface area contributed by atoms with E-state index in [0.717, 1.165) is 5.56 Å². The van der Waals surface area contributed by atoms with Crippen LogP contribution in [0.25, 0.3) is 0 Å². The van der Waals surface area contributed by atoms with E-state index >= 15 is 0 Å². The maximum absolute atomic E-state index is 11.8. The molecule has 1 aliphatic heterocycles. The van der Waals surface area contributed by atoms with Crippen molar-refractivity contribution in [2.75, 3.05) is 25.0 Å². The second-order valence-electron chi connectivity index (χ2n) is 4.45. The fourth-order valence-electron chi connectivity index (χ4n) is 1.83. The molecule has 0 bridgehead atoms. The van der Waals surface area contributed by atoms with Gasteiger partial charge in [-0.3, -0.25) is 9.69 Å². The maximum Gasteiger partial charge on any atom is 0.238 e. The van der Waals surface area contributed by atoms with Gasteiger partial charge in [-0.25, -0.2) is 0 Å². The third-order valence-electron chi connectivity index (χ3n) is 2.85. The molecule has 1 fully saturated rings. The average molecular weight is 289 g/mol. The Morgan fingerprint density at radius 1 is 1.50 bits per heavy atom. The number of hydrogen-bond donors (Lipinski definition) is 2. The zero-order valence-electron chi connectivity index (χ0n) is 9.91. The summed E-state index contributed by atoms with van der Waals surface area (Å²) in [4.78, 5) is 13.6. The predicted molar refractivity (Wildman–Crippen MR) is 72.3 cm³/mol. The van der Waals surface area contributed by atoms with Gasteiger partial charge in [-0.15, -0.1) is 0 Å². The van der Waals surface area contributed by atoms with E-state index in [2.05, 4.69) is 5.32 Å². The van der Waals surface area contributed by atoms with Gasteiger partial charge in [-0.2, -0.15) is 0 Å². The molecule has 1 aromatic rings. The molecule has 6 heteroatoms. The monoisotopic (exact) mass is 288 g/mol. The van der Waals surface area contributed by atoms with Gasteiger partial charge in [0.15, 0.2) is 0 Å². The maximum atomic E-state index is 11.8. The average Bonchev–Trinajstić information content (AvgIpc) is 2.28. The van der Waals surface area contributed by atoms with E-state index in [1.165, 1.54) is 0 Å². The van der Waals surface area contributed by atoms with Gasteiger partial charge in [0.2, 0.25) is 5.91 Å². The molecular weight excluding hydrogens is 275 g/mol. The molecule has 1 amide bonds. The number of carbonyl (C=O) groups excluding carboxylic acids is 1. The topological polar surface area (TPSA) is 52.6 Å². The van der Waals surface area contributed by atoms with Crippen LogP contribution >= 0.6 is 23.2 Å². The standard InChI is InChI=1S/C12H14Cl2N2O2/c1-7-2-3-9(13)12(11(7)14)15-10(18)6-16-4-8(17)5-16/h2-3,8,17H,4-6H2,1H3,(H,15,18). The highest BCUT2D eigenvalue weighted by atomic mass is 35.5. The normalized spacial score (nSPS) is 16.4. The lowest BCUT2D eigenvalue weighted by Crippen LogP contribution is -2.53. The lowest BCUT2D eigenvalue weighted by atomic mass is 10.1. The lowest BCUT2D eigenvalue weighted by molar-refractivity contribution is -0.119. The molecule has 2 N–H and O–H groups in total. The Kier molecular flexibility index (Phi) is 4.12. The van der Waals surface area contributed by atoms with E-state index in [-0.39, 0.29) is 18.6 Å². The van der Waals surface area contributed by atoms with Crippen molar-refractivity contribution < 1.29 is 9.90 Å². The molecule has 0 spiro atoms. The number of nitrogens with one attached hydrogen (secondary N) is 1. The molecule has 98 valence electrons. The highest BCUT2D eigenvalue weighted by Crippen LogP contribution is 2.32. The molecule has 0 saturated carbocycles. The Morgan fingerprint density at radius 3 is 2.78 bits per heavy atom.